The fourth-order valence-corrected chi connectivity index (χ4v) is 3.78. The minimum atomic E-state index is -4.54. The highest BCUT2D eigenvalue weighted by atomic mass is 35.5. The van der Waals surface area contributed by atoms with Gasteiger partial charge in [0.15, 0.2) is 0 Å². The van der Waals surface area contributed by atoms with Crippen molar-refractivity contribution in [2.45, 2.75) is 18.5 Å². The Labute approximate surface area is 163 Å². The Bertz CT molecular complexity index is 1020. The number of carbonyl (C=O) groups excluding carboxylic acids is 2. The molecule has 2 aromatic carbocycles. The van der Waals surface area contributed by atoms with Gasteiger partial charge in [0.05, 0.1) is 16.8 Å². The number of amides is 1. The lowest BCUT2D eigenvalue weighted by atomic mass is 9.84. The molecule has 28 heavy (non-hydrogen) atoms. The highest BCUT2D eigenvalue weighted by Crippen LogP contribution is 2.43. The quantitative estimate of drug-likeness (QED) is 0.678. The molecule has 1 amide bonds. The van der Waals surface area contributed by atoms with Gasteiger partial charge in [-0.05, 0) is 35.9 Å². The summed E-state index contributed by atoms with van der Waals surface area (Å²) in [6.07, 6.45) is -4.62. The number of benzene rings is 2. The van der Waals surface area contributed by atoms with Gasteiger partial charge in [-0.3, -0.25) is 9.69 Å². The topological polar surface area (TPSA) is 46.6 Å². The van der Waals surface area contributed by atoms with Crippen molar-refractivity contribution < 1.29 is 27.5 Å². The molecule has 0 saturated heterocycles. The number of rotatable bonds is 2. The second-order valence-electron chi connectivity index (χ2n) is 6.53. The van der Waals surface area contributed by atoms with Crippen LogP contribution in [0.5, 0.6) is 0 Å². The lowest BCUT2D eigenvalue weighted by Crippen LogP contribution is -2.37. The molecule has 4 nitrogen and oxygen atoms in total. The molecule has 0 bridgehead atoms. The molecule has 1 unspecified atom stereocenters. The van der Waals surface area contributed by atoms with E-state index in [9.17, 15) is 22.8 Å². The second-order valence-corrected chi connectivity index (χ2v) is 6.96. The highest BCUT2D eigenvalue weighted by molar-refractivity contribution is 6.30. The minimum absolute atomic E-state index is 0.0511. The van der Waals surface area contributed by atoms with Crippen LogP contribution in [0, 0.1) is 0 Å². The molecule has 1 atom stereocenters. The van der Waals surface area contributed by atoms with Gasteiger partial charge in [-0.2, -0.15) is 13.2 Å². The first-order valence-electron chi connectivity index (χ1n) is 8.41. The first kappa shape index (κ1) is 18.6. The average molecular weight is 408 g/mol. The maximum atomic E-state index is 13.1. The zero-order valence-electron chi connectivity index (χ0n) is 14.3. The summed E-state index contributed by atoms with van der Waals surface area (Å²) in [5.74, 6) is -1.55. The molecule has 4 rings (SSSR count). The number of ether oxygens (including phenoxy) is 1. The first-order chi connectivity index (χ1) is 13.3. The van der Waals surface area contributed by atoms with Crippen molar-refractivity contribution in [1.29, 1.82) is 0 Å². The van der Waals surface area contributed by atoms with Crippen molar-refractivity contribution in [3.05, 3.63) is 76.0 Å². The molecule has 2 aliphatic rings. The molecule has 0 aromatic heterocycles. The van der Waals surface area contributed by atoms with Gasteiger partial charge in [0, 0.05) is 23.0 Å². The predicted molar refractivity (Wildman–Crippen MR) is 95.7 cm³/mol. The lowest BCUT2D eigenvalue weighted by molar-refractivity contribution is -0.138. The molecule has 0 N–H and O–H groups in total. The van der Waals surface area contributed by atoms with Crippen LogP contribution < -0.4 is 4.90 Å². The number of esters is 1. The van der Waals surface area contributed by atoms with Gasteiger partial charge >= 0.3 is 12.1 Å². The molecule has 2 aliphatic heterocycles. The molecule has 0 radical (unpaired) electrons. The fourth-order valence-electron chi connectivity index (χ4n) is 3.58. The van der Waals surface area contributed by atoms with Crippen molar-refractivity contribution in [3.63, 3.8) is 0 Å². The highest BCUT2D eigenvalue weighted by Gasteiger charge is 2.43. The third-order valence-corrected chi connectivity index (χ3v) is 5.04. The van der Waals surface area contributed by atoms with Gasteiger partial charge in [0.2, 0.25) is 5.91 Å². The van der Waals surface area contributed by atoms with Crippen LogP contribution in [0.15, 0.2) is 59.8 Å². The SMILES string of the molecule is O=C1OCC2=C1C(c1cccc(Cl)c1)CC(=O)N2c1cccc(C(F)(F)F)c1. The fraction of sp³-hybridized carbons (Fsp3) is 0.200. The van der Waals surface area contributed by atoms with E-state index in [2.05, 4.69) is 0 Å². The summed E-state index contributed by atoms with van der Waals surface area (Å²) in [6.45, 7) is -0.173. The van der Waals surface area contributed by atoms with E-state index in [0.717, 1.165) is 17.0 Å². The summed E-state index contributed by atoms with van der Waals surface area (Å²) in [6, 6.07) is 11.3. The maximum absolute atomic E-state index is 13.1. The first-order valence-corrected chi connectivity index (χ1v) is 8.79. The van der Waals surface area contributed by atoms with E-state index in [0.29, 0.717) is 10.6 Å². The summed E-state index contributed by atoms with van der Waals surface area (Å²) in [5.41, 5.74) is 0.401. The predicted octanol–water partition coefficient (Wildman–Crippen LogP) is 4.69. The number of halogens is 4. The van der Waals surface area contributed by atoms with Crippen LogP contribution in [-0.4, -0.2) is 18.5 Å². The van der Waals surface area contributed by atoms with Gasteiger partial charge in [-0.15, -0.1) is 0 Å². The van der Waals surface area contributed by atoms with E-state index in [-0.39, 0.29) is 30.0 Å². The third kappa shape index (κ3) is 3.16. The number of hydrogen-bond donors (Lipinski definition) is 0. The van der Waals surface area contributed by atoms with E-state index in [1.165, 1.54) is 12.1 Å². The monoisotopic (exact) mass is 407 g/mol. The standard InChI is InChI=1S/C20H13ClF3NO3/c21-13-5-1-3-11(7-13)15-9-17(26)25(16-10-28-19(27)18(15)16)14-6-2-4-12(8-14)20(22,23)24/h1-8,15H,9-10H2. The van der Waals surface area contributed by atoms with Crippen LogP contribution in [0.25, 0.3) is 0 Å². The summed E-state index contributed by atoms with van der Waals surface area (Å²) < 4.78 is 44.3. The van der Waals surface area contributed by atoms with Crippen molar-refractivity contribution >= 4 is 29.2 Å². The van der Waals surface area contributed by atoms with E-state index < -0.39 is 29.5 Å². The second kappa shape index (κ2) is 6.67. The lowest BCUT2D eigenvalue weighted by Gasteiger charge is -2.32. The molecule has 0 spiro atoms. The number of anilines is 1. The summed E-state index contributed by atoms with van der Waals surface area (Å²) >= 11 is 6.03. The molecule has 2 heterocycles. The van der Waals surface area contributed by atoms with E-state index in [1.807, 2.05) is 0 Å². The number of hydrogen-bond acceptors (Lipinski definition) is 3. The molecule has 8 heteroatoms. The number of cyclic esters (lactones) is 1. The number of carbonyl (C=O) groups is 2. The van der Waals surface area contributed by atoms with Gasteiger partial charge in [0.1, 0.15) is 6.61 Å². The van der Waals surface area contributed by atoms with Gasteiger partial charge in [-0.25, -0.2) is 4.79 Å². The maximum Gasteiger partial charge on any atom is 0.416 e. The van der Waals surface area contributed by atoms with E-state index >= 15 is 0 Å². The summed E-state index contributed by atoms with van der Waals surface area (Å²) in [4.78, 5) is 26.4. The molecule has 0 saturated carbocycles. The normalized spacial score (nSPS) is 19.7. The van der Waals surface area contributed by atoms with Crippen LogP contribution >= 0.6 is 11.6 Å². The van der Waals surface area contributed by atoms with Crippen LogP contribution in [0.2, 0.25) is 5.02 Å². The van der Waals surface area contributed by atoms with E-state index in [4.69, 9.17) is 16.3 Å². The molecule has 0 aliphatic carbocycles. The van der Waals surface area contributed by atoms with Gasteiger partial charge < -0.3 is 4.74 Å². The molecular weight excluding hydrogens is 395 g/mol. The molecule has 2 aromatic rings. The Hall–Kier alpha value is -2.80. The van der Waals surface area contributed by atoms with Crippen molar-refractivity contribution in [2.24, 2.45) is 0 Å². The van der Waals surface area contributed by atoms with Gasteiger partial charge in [-0.1, -0.05) is 29.8 Å². The van der Waals surface area contributed by atoms with Crippen LogP contribution in [0.1, 0.15) is 23.5 Å². The largest absolute Gasteiger partial charge is 0.456 e. The Morgan fingerprint density at radius 2 is 1.82 bits per heavy atom. The Kier molecular flexibility index (Phi) is 4.42. The van der Waals surface area contributed by atoms with Crippen molar-refractivity contribution in [1.82, 2.24) is 0 Å². The number of alkyl halides is 3. The Morgan fingerprint density at radius 3 is 2.54 bits per heavy atom. The van der Waals surface area contributed by atoms with Gasteiger partial charge in [0.25, 0.3) is 0 Å². The Morgan fingerprint density at radius 1 is 1.07 bits per heavy atom. The zero-order valence-corrected chi connectivity index (χ0v) is 15.1. The number of nitrogens with zero attached hydrogens (tertiary/aromatic N) is 1. The van der Waals surface area contributed by atoms with Crippen LogP contribution in [-0.2, 0) is 20.5 Å². The van der Waals surface area contributed by atoms with Crippen molar-refractivity contribution in [2.75, 3.05) is 11.5 Å². The third-order valence-electron chi connectivity index (χ3n) is 4.80. The van der Waals surface area contributed by atoms with E-state index in [1.54, 1.807) is 24.3 Å². The van der Waals surface area contributed by atoms with Crippen molar-refractivity contribution in [3.8, 4) is 0 Å². The van der Waals surface area contributed by atoms with Crippen LogP contribution in [0.4, 0.5) is 18.9 Å². The minimum Gasteiger partial charge on any atom is -0.456 e. The molecule has 144 valence electrons. The van der Waals surface area contributed by atoms with Crippen LogP contribution in [0.3, 0.4) is 0 Å². The summed E-state index contributed by atoms with van der Waals surface area (Å²) in [7, 11) is 0. The Balaban J connectivity index is 1.82. The zero-order chi connectivity index (χ0) is 20.1. The molecular formula is C20H13ClF3NO3. The summed E-state index contributed by atoms with van der Waals surface area (Å²) in [5, 5.41) is 0.457. The molecule has 0 fully saturated rings. The smallest absolute Gasteiger partial charge is 0.416 e. The average Bonchev–Trinajstić information content (AvgIpc) is 3.02.